The normalized spacial score (nSPS) is 15.0. The van der Waals surface area contributed by atoms with Crippen LogP contribution in [0.2, 0.25) is 0 Å². The topological polar surface area (TPSA) is 51.6 Å². The molecule has 8 heteroatoms. The SMILES string of the molecule is C/C(=C\CSc1cc2nc3c4cc(-c5ccc(C(C)(C)C)cc5)cc5c6nc7cc(SC/C=C(\C)CCC[C@H](C)CCC[C@H](C)CCCC(C)C)c(SC/C=C(\C)CCC[C@H](C)CCC[C@H](C)CCCC(C)C)cc7nc6c6cc(-c7ccc(C(C)(C)C)cc7)cc(c3nc2cc1SC/C=C(\C)CCC[C@H](C)CCC[C@H](C)CCCC(C)C)c6c45)CCC[C@H](C)CCC[C@H](C)CCCC(C)C. The predicted molar refractivity (Wildman–Crippen MR) is 616 cm³/mol. The molecule has 0 amide bonds. The molecule has 0 aliphatic rings. The summed E-state index contributed by atoms with van der Waals surface area (Å²) in [5.74, 6) is 13.3. The number of nitrogens with zero attached hydrogens (tertiary/aromatic N) is 4. The van der Waals surface area contributed by atoms with Crippen LogP contribution in [0.1, 0.15) is 422 Å². The summed E-state index contributed by atoms with van der Waals surface area (Å²) in [4.78, 5) is 29.4. The molecule has 0 N–H and O–H groups in total. The van der Waals surface area contributed by atoms with Gasteiger partial charge in [0.1, 0.15) is 0 Å². The highest BCUT2D eigenvalue weighted by Gasteiger charge is 2.27. The highest BCUT2D eigenvalue weighted by molar-refractivity contribution is 8.03. The maximum Gasteiger partial charge on any atom is 0.0979 e. The van der Waals surface area contributed by atoms with Crippen molar-refractivity contribution < 1.29 is 0 Å². The summed E-state index contributed by atoms with van der Waals surface area (Å²) >= 11 is 7.92. The second-order valence-corrected chi connectivity index (χ2v) is 52.1. The van der Waals surface area contributed by atoms with Crippen molar-refractivity contribution in [2.75, 3.05) is 23.0 Å². The highest BCUT2D eigenvalue weighted by atomic mass is 32.2. The van der Waals surface area contributed by atoms with Crippen LogP contribution < -0.4 is 0 Å². The second-order valence-electron chi connectivity index (χ2n) is 47.8. The van der Waals surface area contributed by atoms with E-state index in [9.17, 15) is 0 Å². The van der Waals surface area contributed by atoms with Gasteiger partial charge in [-0.3, -0.25) is 0 Å². The lowest BCUT2D eigenvalue weighted by Gasteiger charge is -2.21. The first kappa shape index (κ1) is 112. The lowest BCUT2D eigenvalue weighted by Crippen LogP contribution is -2.10. The molecule has 2 aromatic heterocycles. The Morgan fingerprint density at radius 3 is 0.610 bits per heavy atom. The fourth-order valence-corrected chi connectivity index (χ4v) is 25.4. The van der Waals surface area contributed by atoms with Crippen LogP contribution in [0.4, 0.5) is 0 Å². The summed E-state index contributed by atoms with van der Waals surface area (Å²) in [7, 11) is 0. The third-order valence-corrected chi connectivity index (χ3v) is 34.6. The fraction of sp³-hybridized carbons (Fsp3) is 0.625. The van der Waals surface area contributed by atoms with Crippen molar-refractivity contribution in [3.8, 4) is 22.3 Å². The molecule has 10 rings (SSSR count). The molecule has 746 valence electrons. The van der Waals surface area contributed by atoms with Crippen molar-refractivity contribution in [3.63, 3.8) is 0 Å². The Labute approximate surface area is 849 Å². The number of hydrogen-bond acceptors (Lipinski definition) is 8. The van der Waals surface area contributed by atoms with Gasteiger partial charge in [-0.25, -0.2) is 19.9 Å². The molecule has 0 bridgehead atoms. The van der Waals surface area contributed by atoms with Gasteiger partial charge in [-0.15, -0.1) is 47.0 Å². The lowest BCUT2D eigenvalue weighted by atomic mass is 9.84. The van der Waals surface area contributed by atoms with E-state index in [1.807, 2.05) is 47.0 Å². The van der Waals surface area contributed by atoms with Gasteiger partial charge in [0.2, 0.25) is 0 Å². The third-order valence-electron chi connectivity index (χ3n) is 30.4. The van der Waals surface area contributed by atoms with E-state index in [4.69, 9.17) is 19.9 Å². The highest BCUT2D eigenvalue weighted by Crippen LogP contribution is 2.50. The van der Waals surface area contributed by atoms with Crippen LogP contribution in [-0.2, 0) is 10.8 Å². The molecule has 0 aliphatic heterocycles. The Balaban J connectivity index is 1.06. The smallest absolute Gasteiger partial charge is 0.0979 e. The van der Waals surface area contributed by atoms with E-state index < -0.39 is 0 Å². The maximum atomic E-state index is 6.06. The largest absolute Gasteiger partial charge is 0.244 e. The van der Waals surface area contributed by atoms with Gasteiger partial charge in [0.05, 0.1) is 44.1 Å². The molecule has 0 fully saturated rings. The van der Waals surface area contributed by atoms with Gasteiger partial charge < -0.3 is 0 Å². The number of benzene rings is 8. The van der Waals surface area contributed by atoms with Crippen molar-refractivity contribution >= 4 is 123 Å². The Kier molecular flexibility index (Phi) is 46.6. The Morgan fingerprint density at radius 1 is 0.243 bits per heavy atom. The standard InChI is InChI=1S/C128H190N4S4/c1-87(2)39-27-43-91(9)47-31-51-95(13)55-35-59-99(17)71-75-133-117-83-113-114(84-118(117)134-76-72-100(18)60-36-56-96(14)52-32-48-92(10)44-28-40-88(3)4)130-124-110-80-106(104-65-69-108(70-66-104)128(24,25)26)82-112-122(110)121-109(123(124)129-113)79-105(103-63-67-107(68-64-103)127(21,22)23)81-111(121)125-126(112)132-116-86-120(136-78-74-102(20)62-38-58-98(16)54-34-50-94(12)46-30-42-90(7)8)119(85-115(116)131-125)135-77-73-101(19)61-37-57-97(15)53-33-49-93(11)45-29-41-89(5)6/h63-74,79-98H,27-62,75-78H2,1-26H3/b99-71+,100-72+,101-73+,102-74+/t91-,92-,93-,94-,95-,96-,97-,98-/m1/s1. The molecule has 10 aromatic rings. The van der Waals surface area contributed by atoms with Gasteiger partial charge in [0.25, 0.3) is 0 Å². The monoisotopic (exact) mass is 1910 g/mol. The molecule has 0 saturated carbocycles. The number of allylic oxidation sites excluding steroid dienone is 4. The number of rotatable bonds is 62. The van der Waals surface area contributed by atoms with E-state index in [0.717, 1.165) is 197 Å². The van der Waals surface area contributed by atoms with Crippen LogP contribution in [0.25, 0.3) is 98.7 Å². The van der Waals surface area contributed by atoms with Crippen LogP contribution in [0, 0.1) is 71.0 Å². The van der Waals surface area contributed by atoms with Crippen LogP contribution in [-0.4, -0.2) is 42.9 Å². The van der Waals surface area contributed by atoms with Crippen molar-refractivity contribution in [1.29, 1.82) is 0 Å². The van der Waals surface area contributed by atoms with Crippen molar-refractivity contribution in [2.45, 2.75) is 442 Å². The Hall–Kier alpha value is -5.64. The number of thioether (sulfide) groups is 4. The van der Waals surface area contributed by atoms with E-state index in [-0.39, 0.29) is 10.8 Å². The lowest BCUT2D eigenvalue weighted by molar-refractivity contribution is 0.389. The first-order chi connectivity index (χ1) is 64.9. The van der Waals surface area contributed by atoms with Crippen molar-refractivity contribution in [3.05, 3.63) is 155 Å². The van der Waals surface area contributed by atoms with E-state index in [1.165, 1.54) is 280 Å². The van der Waals surface area contributed by atoms with Gasteiger partial charge in [0, 0.05) is 74.9 Å². The Bertz CT molecular complexity index is 4810. The van der Waals surface area contributed by atoms with Crippen LogP contribution in [0.15, 0.2) is 163 Å². The minimum Gasteiger partial charge on any atom is -0.244 e. The van der Waals surface area contributed by atoms with Crippen molar-refractivity contribution in [1.82, 2.24) is 19.9 Å². The van der Waals surface area contributed by atoms with Gasteiger partial charge in [0.15, 0.2) is 0 Å². The first-order valence-electron chi connectivity index (χ1n) is 55.4. The molecule has 0 spiro atoms. The molecule has 8 atom stereocenters. The molecule has 2 heterocycles. The molecule has 136 heavy (non-hydrogen) atoms. The summed E-state index contributed by atoms with van der Waals surface area (Å²) in [5, 5.41) is 6.77. The average Bonchev–Trinajstić information content (AvgIpc) is 0.688. The summed E-state index contributed by atoms with van der Waals surface area (Å²) in [6, 6.07) is 38.2. The minimum atomic E-state index is -0.000336. The molecule has 8 aromatic carbocycles. The van der Waals surface area contributed by atoms with Gasteiger partial charge in [-0.1, -0.05) is 427 Å². The Morgan fingerprint density at radius 2 is 0.426 bits per heavy atom. The third kappa shape index (κ3) is 36.6. The summed E-state index contributed by atoms with van der Waals surface area (Å²) in [6.45, 7) is 62.3. The van der Waals surface area contributed by atoms with Crippen LogP contribution in [0.5, 0.6) is 0 Å². The number of fused-ring (bicyclic) bond motifs is 8. The molecular weight excluding hydrogens is 1720 g/mol. The van der Waals surface area contributed by atoms with Crippen LogP contribution >= 0.6 is 47.0 Å². The van der Waals surface area contributed by atoms with E-state index >= 15 is 0 Å². The molecule has 0 unspecified atom stereocenters. The minimum absolute atomic E-state index is 0.000336. The zero-order valence-electron chi connectivity index (χ0n) is 91.2. The molecule has 0 radical (unpaired) electrons. The second kappa shape index (κ2) is 56.4. The average molecular weight is 1910 g/mol. The summed E-state index contributed by atoms with van der Waals surface area (Å²) in [6.07, 6.45) is 57.8. The quantitative estimate of drug-likeness (QED) is 0.0162. The fourth-order valence-electron chi connectivity index (χ4n) is 20.9. The summed E-state index contributed by atoms with van der Waals surface area (Å²) in [5.41, 5.74) is 20.7. The van der Waals surface area contributed by atoms with Gasteiger partial charge in [-0.2, -0.15) is 0 Å². The molecule has 0 saturated heterocycles. The zero-order valence-corrected chi connectivity index (χ0v) is 94.4. The molecule has 4 nitrogen and oxygen atoms in total. The van der Waals surface area contributed by atoms with E-state index in [2.05, 4.69) is 301 Å². The van der Waals surface area contributed by atoms with Gasteiger partial charge >= 0.3 is 0 Å². The number of aromatic nitrogens is 4. The number of hydrogen-bond donors (Lipinski definition) is 0. The van der Waals surface area contributed by atoms with Crippen LogP contribution in [0.3, 0.4) is 0 Å². The van der Waals surface area contributed by atoms with Crippen molar-refractivity contribution in [2.24, 2.45) is 71.0 Å². The zero-order chi connectivity index (χ0) is 98.2. The summed E-state index contributed by atoms with van der Waals surface area (Å²) < 4.78 is 0. The first-order valence-corrected chi connectivity index (χ1v) is 59.3. The molecular formula is C128H190N4S4. The maximum absolute atomic E-state index is 6.06. The van der Waals surface area contributed by atoms with E-state index in [1.54, 1.807) is 0 Å². The molecule has 0 aliphatic carbocycles. The van der Waals surface area contributed by atoms with E-state index in [0.29, 0.717) is 0 Å². The van der Waals surface area contributed by atoms with Gasteiger partial charge in [-0.05, 0) is 243 Å². The predicted octanol–water partition coefficient (Wildman–Crippen LogP) is 42.6.